The van der Waals surface area contributed by atoms with Gasteiger partial charge in [-0.2, -0.15) is 0 Å². The van der Waals surface area contributed by atoms with Crippen LogP contribution in [0.1, 0.15) is 0 Å². The van der Waals surface area contributed by atoms with E-state index in [1.54, 1.807) is 0 Å². The summed E-state index contributed by atoms with van der Waals surface area (Å²) in [6, 6.07) is 18.0. The Labute approximate surface area is 174 Å². The van der Waals surface area contributed by atoms with Crippen LogP contribution in [0.2, 0.25) is 10.0 Å². The molecule has 0 aromatic heterocycles. The summed E-state index contributed by atoms with van der Waals surface area (Å²) in [6.07, 6.45) is 0. The Balaban J connectivity index is 2.21. The Bertz CT molecular complexity index is 1220. The van der Waals surface area contributed by atoms with Gasteiger partial charge in [0.05, 0.1) is 6.07 Å². The lowest BCUT2D eigenvalue weighted by molar-refractivity contribution is 0.617. The second-order valence-corrected chi connectivity index (χ2v) is 8.04. The molecule has 0 saturated carbocycles. The Morgan fingerprint density at radius 3 is 2.21 bits per heavy atom. The topological polar surface area (TPSA) is 19.4 Å². The minimum absolute atomic E-state index is 0.620. The van der Waals surface area contributed by atoms with Crippen LogP contribution in [0.3, 0.4) is 0 Å². The van der Waals surface area contributed by atoms with Gasteiger partial charge in [0.25, 0.3) is 0 Å². The van der Waals surface area contributed by atoms with Crippen LogP contribution >= 0.6 is 23.2 Å². The number of hydrogen-bond acceptors (Lipinski definition) is 2. The van der Waals surface area contributed by atoms with E-state index in [0.717, 1.165) is 44.5 Å². The number of fused-ring (bicyclic) bond motifs is 2. The van der Waals surface area contributed by atoms with Crippen LogP contribution in [0.15, 0.2) is 59.0 Å². The molecule has 2 aromatic rings. The van der Waals surface area contributed by atoms with E-state index in [1.807, 2.05) is 58.5 Å². The van der Waals surface area contributed by atoms with Crippen LogP contribution < -0.4 is 14.8 Å². The fourth-order valence-corrected chi connectivity index (χ4v) is 4.02. The molecule has 2 aliphatic rings. The molecule has 1 aliphatic heterocycles. The number of benzene rings is 3. The van der Waals surface area contributed by atoms with Gasteiger partial charge in [0.15, 0.2) is 0 Å². The number of hydrogen-bond donors (Lipinski definition) is 0. The van der Waals surface area contributed by atoms with Crippen molar-refractivity contribution >= 4 is 39.9 Å². The molecule has 0 saturated heterocycles. The van der Waals surface area contributed by atoms with Crippen molar-refractivity contribution in [2.45, 2.75) is 0 Å². The van der Waals surface area contributed by atoms with Gasteiger partial charge < -0.3 is 9.32 Å². The first kappa shape index (κ1) is 18.9. The molecule has 0 fully saturated rings. The van der Waals surface area contributed by atoms with Gasteiger partial charge in [-0.25, -0.2) is 4.58 Å². The van der Waals surface area contributed by atoms with E-state index in [9.17, 15) is 0 Å². The highest BCUT2D eigenvalue weighted by Gasteiger charge is 2.21. The first-order valence-corrected chi connectivity index (χ1v) is 9.75. The summed E-state index contributed by atoms with van der Waals surface area (Å²) in [6.45, 7) is 0. The summed E-state index contributed by atoms with van der Waals surface area (Å²) in [5.41, 5.74) is 4.65. The summed E-state index contributed by atoms with van der Waals surface area (Å²) in [5, 5.41) is 3.28. The molecule has 0 N–H and O–H groups in total. The van der Waals surface area contributed by atoms with Gasteiger partial charge in [-0.3, -0.25) is 0 Å². The predicted octanol–water partition coefficient (Wildman–Crippen LogP) is 5.61. The van der Waals surface area contributed by atoms with Crippen LogP contribution in [0.25, 0.3) is 33.4 Å². The van der Waals surface area contributed by atoms with Crippen molar-refractivity contribution < 1.29 is 4.42 Å². The van der Waals surface area contributed by atoms with E-state index in [2.05, 4.69) is 33.7 Å². The second kappa shape index (κ2) is 7.16. The smallest absolute Gasteiger partial charge is 0.203 e. The molecule has 142 valence electrons. The number of nitrogens with zero attached hydrogens (tertiary/aromatic N) is 2. The van der Waals surface area contributed by atoms with Gasteiger partial charge in [-0.05, 0) is 30.3 Å². The van der Waals surface area contributed by atoms with Gasteiger partial charge in [0.2, 0.25) is 5.36 Å². The maximum atomic E-state index is 6.60. The highest BCUT2D eigenvalue weighted by Crippen LogP contribution is 2.45. The Kier molecular flexibility index (Phi) is 4.82. The van der Waals surface area contributed by atoms with Gasteiger partial charge >= 0.3 is 0 Å². The van der Waals surface area contributed by atoms with Gasteiger partial charge in [0.1, 0.15) is 25.4 Å². The molecule has 0 radical (unpaired) electrons. The highest BCUT2D eigenvalue weighted by molar-refractivity contribution is 6.40. The molecule has 0 amide bonds. The molecule has 3 nitrogen and oxygen atoms in total. The largest absolute Gasteiger partial charge is 0.456 e. The summed E-state index contributed by atoms with van der Waals surface area (Å²) < 4.78 is 8.38. The van der Waals surface area contributed by atoms with E-state index >= 15 is 0 Å². The fourth-order valence-electron chi connectivity index (χ4n) is 3.43. The molecule has 0 spiro atoms. The minimum Gasteiger partial charge on any atom is -0.456 e. The summed E-state index contributed by atoms with van der Waals surface area (Å²) in [4.78, 5) is 2.05. The van der Waals surface area contributed by atoms with E-state index in [-0.39, 0.29) is 0 Å². The van der Waals surface area contributed by atoms with Gasteiger partial charge in [0, 0.05) is 64.0 Å². The zero-order valence-corrected chi connectivity index (χ0v) is 17.8. The molecule has 5 heteroatoms. The van der Waals surface area contributed by atoms with Crippen molar-refractivity contribution in [1.29, 1.82) is 0 Å². The monoisotopic (exact) mass is 411 g/mol. The standard InChI is InChI=1S/C23H21Cl2N2O/c1-26(2)14-8-10-16-20(12-14)28-21-13-15(27(3)4)9-11-17(21)22(16)23-18(24)6-5-7-19(23)25/h5-13H,1-4H3/q+1. The third kappa shape index (κ3) is 3.15. The van der Waals surface area contributed by atoms with Crippen molar-refractivity contribution in [2.24, 2.45) is 0 Å². The molecule has 0 atom stereocenters. The molecule has 1 heterocycles. The lowest BCUT2D eigenvalue weighted by Crippen LogP contribution is -2.21. The lowest BCUT2D eigenvalue weighted by Gasteiger charge is -2.19. The molecule has 1 aliphatic carbocycles. The Hall–Kier alpha value is -2.49. The number of halogens is 2. The van der Waals surface area contributed by atoms with Crippen LogP contribution in [0, 0.1) is 0 Å². The minimum atomic E-state index is 0.620. The van der Waals surface area contributed by atoms with Crippen molar-refractivity contribution in [3.63, 3.8) is 0 Å². The molecule has 2 aromatic carbocycles. The van der Waals surface area contributed by atoms with Crippen molar-refractivity contribution in [1.82, 2.24) is 4.58 Å². The number of anilines is 1. The first-order chi connectivity index (χ1) is 13.4. The maximum Gasteiger partial charge on any atom is 0.203 e. The summed E-state index contributed by atoms with van der Waals surface area (Å²) in [7, 11) is 8.05. The maximum absolute atomic E-state index is 6.60. The Morgan fingerprint density at radius 1 is 0.857 bits per heavy atom. The van der Waals surface area contributed by atoms with Crippen LogP contribution in [-0.4, -0.2) is 28.2 Å². The van der Waals surface area contributed by atoms with Crippen LogP contribution in [0.4, 0.5) is 5.69 Å². The molecular formula is C23H21Cl2N2O+. The number of rotatable bonds is 2. The second-order valence-electron chi connectivity index (χ2n) is 7.22. The van der Waals surface area contributed by atoms with Gasteiger partial charge in [-0.1, -0.05) is 29.3 Å². The zero-order chi connectivity index (χ0) is 20.0. The third-order valence-corrected chi connectivity index (χ3v) is 5.56. The SMILES string of the molecule is CN(C)c1ccc2c(-c3c(Cl)cccc3Cl)c3ccc(=[N+](C)C)cc-3oc2c1. The highest BCUT2D eigenvalue weighted by atomic mass is 35.5. The van der Waals surface area contributed by atoms with Crippen molar-refractivity contribution in [3.8, 4) is 22.5 Å². The van der Waals surface area contributed by atoms with Crippen LogP contribution in [-0.2, 0) is 0 Å². The van der Waals surface area contributed by atoms with E-state index in [0.29, 0.717) is 10.0 Å². The van der Waals surface area contributed by atoms with Crippen molar-refractivity contribution in [3.05, 3.63) is 70.0 Å². The van der Waals surface area contributed by atoms with Crippen molar-refractivity contribution in [2.75, 3.05) is 33.1 Å². The molecular weight excluding hydrogens is 391 g/mol. The first-order valence-electron chi connectivity index (χ1n) is 8.99. The average molecular weight is 412 g/mol. The van der Waals surface area contributed by atoms with Crippen LogP contribution in [0.5, 0.6) is 0 Å². The van der Waals surface area contributed by atoms with Gasteiger partial charge in [-0.15, -0.1) is 0 Å². The molecule has 0 bridgehead atoms. The summed E-state index contributed by atoms with van der Waals surface area (Å²) in [5.74, 6) is 0.792. The zero-order valence-electron chi connectivity index (χ0n) is 16.3. The molecule has 28 heavy (non-hydrogen) atoms. The summed E-state index contributed by atoms with van der Waals surface area (Å²) >= 11 is 13.2. The molecule has 4 rings (SSSR count). The lowest BCUT2D eigenvalue weighted by atomic mass is 9.93. The predicted molar refractivity (Wildman–Crippen MR) is 120 cm³/mol. The quantitative estimate of drug-likeness (QED) is 0.315. The average Bonchev–Trinajstić information content (AvgIpc) is 2.66. The van der Waals surface area contributed by atoms with E-state index in [4.69, 9.17) is 27.6 Å². The van der Waals surface area contributed by atoms with E-state index < -0.39 is 0 Å². The van der Waals surface area contributed by atoms with E-state index in [1.165, 1.54) is 0 Å². The Morgan fingerprint density at radius 2 is 1.57 bits per heavy atom. The third-order valence-electron chi connectivity index (χ3n) is 4.93. The normalized spacial score (nSPS) is 11.2. The fraction of sp³-hybridized carbons (Fsp3) is 0.174. The molecule has 0 unspecified atom stereocenters.